The number of fused-ring (bicyclic) bond motifs is 3. The SMILES string of the molecule is CC1CCN1c1nc2c(c(N3CC4CC(C3)C4CC(=O)O)n1)CCCC2. The van der Waals surface area contributed by atoms with Gasteiger partial charge in [-0.3, -0.25) is 4.79 Å². The van der Waals surface area contributed by atoms with E-state index >= 15 is 0 Å². The fourth-order valence-electron chi connectivity index (χ4n) is 5.46. The maximum Gasteiger partial charge on any atom is 0.303 e. The zero-order chi connectivity index (χ0) is 17.8. The maximum absolute atomic E-state index is 11.1. The fourth-order valence-corrected chi connectivity index (χ4v) is 5.46. The van der Waals surface area contributed by atoms with Gasteiger partial charge in [0.15, 0.2) is 0 Å². The van der Waals surface area contributed by atoms with Crippen molar-refractivity contribution in [2.75, 3.05) is 29.4 Å². The summed E-state index contributed by atoms with van der Waals surface area (Å²) >= 11 is 0. The number of hydrogen-bond donors (Lipinski definition) is 1. The molecule has 6 nitrogen and oxygen atoms in total. The van der Waals surface area contributed by atoms with Crippen LogP contribution < -0.4 is 9.80 Å². The topological polar surface area (TPSA) is 69.6 Å². The Kier molecular flexibility index (Phi) is 3.83. The summed E-state index contributed by atoms with van der Waals surface area (Å²) < 4.78 is 0. The minimum absolute atomic E-state index is 0.335. The summed E-state index contributed by atoms with van der Waals surface area (Å²) in [6, 6.07) is 0.541. The highest BCUT2D eigenvalue weighted by molar-refractivity contribution is 5.67. The number of hydrogen-bond acceptors (Lipinski definition) is 5. The average Bonchev–Trinajstić information content (AvgIpc) is 2.64. The summed E-state index contributed by atoms with van der Waals surface area (Å²) in [6.45, 7) is 5.24. The Bertz CT molecular complexity index is 725. The van der Waals surface area contributed by atoms with E-state index in [1.807, 2.05) is 0 Å². The summed E-state index contributed by atoms with van der Waals surface area (Å²) in [7, 11) is 0. The molecule has 3 unspecified atom stereocenters. The predicted octanol–water partition coefficient (Wildman–Crippen LogP) is 2.50. The van der Waals surface area contributed by atoms with Gasteiger partial charge in [-0.25, -0.2) is 4.98 Å². The number of carbonyl (C=O) groups is 1. The second-order valence-corrected chi connectivity index (χ2v) is 8.73. The molecule has 3 saturated heterocycles. The van der Waals surface area contributed by atoms with E-state index in [0.29, 0.717) is 30.2 Å². The molecule has 6 heteroatoms. The molecule has 0 spiro atoms. The van der Waals surface area contributed by atoms with E-state index in [4.69, 9.17) is 15.1 Å². The lowest BCUT2D eigenvalue weighted by Gasteiger charge is -2.54. The highest BCUT2D eigenvalue weighted by Gasteiger charge is 2.48. The van der Waals surface area contributed by atoms with Crippen molar-refractivity contribution in [3.05, 3.63) is 11.3 Å². The van der Waals surface area contributed by atoms with Gasteiger partial charge in [-0.1, -0.05) is 0 Å². The van der Waals surface area contributed by atoms with E-state index in [1.165, 1.54) is 36.9 Å². The van der Waals surface area contributed by atoms with Crippen LogP contribution >= 0.6 is 0 Å². The molecule has 1 N–H and O–H groups in total. The Hall–Kier alpha value is -1.85. The molecule has 6 rings (SSSR count). The van der Waals surface area contributed by atoms with Crippen molar-refractivity contribution in [2.45, 2.75) is 57.9 Å². The fraction of sp³-hybridized carbons (Fsp3) is 0.750. The number of aromatic nitrogens is 2. The van der Waals surface area contributed by atoms with Crippen LogP contribution in [0.1, 0.15) is 50.3 Å². The van der Waals surface area contributed by atoms with E-state index < -0.39 is 5.97 Å². The molecule has 4 fully saturated rings. The van der Waals surface area contributed by atoms with E-state index in [-0.39, 0.29) is 0 Å². The van der Waals surface area contributed by atoms with Crippen LogP contribution in [-0.2, 0) is 17.6 Å². The maximum atomic E-state index is 11.1. The molecule has 0 amide bonds. The van der Waals surface area contributed by atoms with Gasteiger partial charge in [0.25, 0.3) is 0 Å². The number of aryl methyl sites for hydroxylation is 1. The first-order chi connectivity index (χ1) is 12.6. The van der Waals surface area contributed by atoms with Crippen LogP contribution in [0.2, 0.25) is 0 Å². The molecule has 2 aliphatic carbocycles. The van der Waals surface area contributed by atoms with Gasteiger partial charge in [-0.15, -0.1) is 0 Å². The summed E-state index contributed by atoms with van der Waals surface area (Å²) in [5, 5.41) is 9.16. The lowest BCUT2D eigenvalue weighted by molar-refractivity contribution is -0.141. The summed E-state index contributed by atoms with van der Waals surface area (Å²) in [4.78, 5) is 25.9. The molecule has 0 radical (unpaired) electrons. The zero-order valence-corrected chi connectivity index (χ0v) is 15.5. The minimum Gasteiger partial charge on any atom is -0.481 e. The van der Waals surface area contributed by atoms with E-state index in [2.05, 4.69) is 16.7 Å². The monoisotopic (exact) mass is 356 g/mol. The first kappa shape index (κ1) is 16.3. The quantitative estimate of drug-likeness (QED) is 0.894. The van der Waals surface area contributed by atoms with Crippen molar-refractivity contribution in [1.82, 2.24) is 9.97 Å². The molecule has 1 aromatic rings. The number of carboxylic acid groups (broad SMARTS) is 1. The Labute approximate surface area is 154 Å². The van der Waals surface area contributed by atoms with Gasteiger partial charge in [0, 0.05) is 37.7 Å². The summed E-state index contributed by atoms with van der Waals surface area (Å²) in [5.41, 5.74) is 2.63. The molecule has 26 heavy (non-hydrogen) atoms. The van der Waals surface area contributed by atoms with Gasteiger partial charge in [0.05, 0.1) is 5.69 Å². The van der Waals surface area contributed by atoms with Crippen molar-refractivity contribution >= 4 is 17.7 Å². The third-order valence-electron chi connectivity index (χ3n) is 7.16. The second kappa shape index (κ2) is 6.10. The van der Waals surface area contributed by atoms with Crippen molar-refractivity contribution < 1.29 is 9.90 Å². The van der Waals surface area contributed by atoms with Crippen molar-refractivity contribution in [3.63, 3.8) is 0 Å². The largest absolute Gasteiger partial charge is 0.481 e. The van der Waals surface area contributed by atoms with Crippen molar-refractivity contribution in [2.24, 2.45) is 17.8 Å². The van der Waals surface area contributed by atoms with Gasteiger partial charge in [-0.05, 0) is 63.2 Å². The number of anilines is 2. The highest BCUT2D eigenvalue weighted by atomic mass is 16.4. The van der Waals surface area contributed by atoms with Gasteiger partial charge in [0.1, 0.15) is 5.82 Å². The number of rotatable bonds is 4. The van der Waals surface area contributed by atoms with Crippen LogP contribution in [0.4, 0.5) is 11.8 Å². The predicted molar refractivity (Wildman–Crippen MR) is 99.7 cm³/mol. The molecule has 1 aromatic heterocycles. The molecular formula is C20H28N4O2. The van der Waals surface area contributed by atoms with Crippen LogP contribution in [-0.4, -0.2) is 46.7 Å². The second-order valence-electron chi connectivity index (χ2n) is 8.73. The Morgan fingerprint density at radius 1 is 1.19 bits per heavy atom. The van der Waals surface area contributed by atoms with Gasteiger partial charge >= 0.3 is 5.97 Å². The summed E-state index contributed by atoms with van der Waals surface area (Å²) in [5.74, 6) is 2.84. The highest BCUT2D eigenvalue weighted by Crippen LogP contribution is 2.48. The van der Waals surface area contributed by atoms with Crippen LogP contribution in [0.3, 0.4) is 0 Å². The van der Waals surface area contributed by atoms with Gasteiger partial charge in [0.2, 0.25) is 5.95 Å². The van der Waals surface area contributed by atoms with Crippen molar-refractivity contribution in [1.29, 1.82) is 0 Å². The molecular weight excluding hydrogens is 328 g/mol. The van der Waals surface area contributed by atoms with Crippen molar-refractivity contribution in [3.8, 4) is 0 Å². The molecule has 3 atom stereocenters. The smallest absolute Gasteiger partial charge is 0.303 e. The average molecular weight is 356 g/mol. The third-order valence-corrected chi connectivity index (χ3v) is 7.16. The van der Waals surface area contributed by atoms with E-state index in [1.54, 1.807) is 0 Å². The molecule has 0 aromatic carbocycles. The first-order valence-corrected chi connectivity index (χ1v) is 10.2. The Morgan fingerprint density at radius 3 is 2.62 bits per heavy atom. The number of nitrogens with zero attached hydrogens (tertiary/aromatic N) is 4. The lowest BCUT2D eigenvalue weighted by Crippen LogP contribution is -2.56. The van der Waals surface area contributed by atoms with Gasteiger partial charge < -0.3 is 14.9 Å². The summed E-state index contributed by atoms with van der Waals surface area (Å²) in [6.07, 6.45) is 7.36. The van der Waals surface area contributed by atoms with Crippen LogP contribution in [0.25, 0.3) is 0 Å². The molecule has 4 heterocycles. The zero-order valence-electron chi connectivity index (χ0n) is 15.5. The molecule has 1 saturated carbocycles. The number of aliphatic carboxylic acids is 1. The Morgan fingerprint density at radius 2 is 1.96 bits per heavy atom. The normalized spacial score (nSPS) is 32.5. The number of piperidine rings is 2. The number of carboxylic acids is 1. The van der Waals surface area contributed by atoms with E-state index in [9.17, 15) is 4.79 Å². The van der Waals surface area contributed by atoms with Crippen LogP contribution in [0.5, 0.6) is 0 Å². The minimum atomic E-state index is -0.647. The lowest BCUT2D eigenvalue weighted by atomic mass is 9.60. The third kappa shape index (κ3) is 2.57. The Balaban J connectivity index is 1.43. The molecule has 3 aliphatic heterocycles. The van der Waals surface area contributed by atoms with Crippen LogP contribution in [0.15, 0.2) is 0 Å². The molecule has 2 bridgehead atoms. The van der Waals surface area contributed by atoms with E-state index in [0.717, 1.165) is 44.2 Å². The molecule has 140 valence electrons. The standard InChI is InChI=1S/C20H28N4O2/c1-12-6-7-24(12)20-21-17-5-3-2-4-15(17)19(22-20)23-10-13-8-14(11-23)16(13)9-18(25)26/h12-14,16H,2-11H2,1H3,(H,25,26). The molecule has 5 aliphatic rings. The van der Waals surface area contributed by atoms with Gasteiger partial charge in [-0.2, -0.15) is 4.98 Å². The van der Waals surface area contributed by atoms with Crippen LogP contribution in [0, 0.1) is 17.8 Å². The first-order valence-electron chi connectivity index (χ1n) is 10.2.